The van der Waals surface area contributed by atoms with Crippen LogP contribution in [0.15, 0.2) is 0 Å². The molecular weight excluding hydrogens is 114 g/mol. The fraction of sp³-hybridized carbons (Fsp3) is 1.00. The van der Waals surface area contributed by atoms with Gasteiger partial charge < -0.3 is 5.11 Å². The van der Waals surface area contributed by atoms with Crippen molar-refractivity contribution >= 4 is 0 Å². The van der Waals surface area contributed by atoms with Crippen molar-refractivity contribution in [3.63, 3.8) is 0 Å². The first-order valence-corrected chi connectivity index (χ1v) is 3.29. The van der Waals surface area contributed by atoms with E-state index in [1.54, 1.807) is 0 Å². The minimum absolute atomic E-state index is 0.271. The number of hydrogen-bond acceptors (Lipinski definition) is 2. The van der Waals surface area contributed by atoms with Crippen molar-refractivity contribution in [1.29, 1.82) is 0 Å². The Morgan fingerprint density at radius 1 is 1.33 bits per heavy atom. The average Bonchev–Trinajstić information content (AvgIpc) is 1.65. The van der Waals surface area contributed by atoms with E-state index >= 15 is 0 Å². The van der Waals surface area contributed by atoms with Crippen molar-refractivity contribution in [1.82, 2.24) is 4.90 Å². The molecule has 1 atom stereocenters. The van der Waals surface area contributed by atoms with Gasteiger partial charge in [0.05, 0.1) is 0 Å². The van der Waals surface area contributed by atoms with Crippen LogP contribution in [-0.4, -0.2) is 29.8 Å². The van der Waals surface area contributed by atoms with Crippen LogP contribution in [0.25, 0.3) is 0 Å². The summed E-state index contributed by atoms with van der Waals surface area (Å²) >= 11 is 0. The zero-order valence-electron chi connectivity index (χ0n) is 6.97. The Labute approximate surface area is 57.5 Å². The predicted octanol–water partition coefficient (Wildman–Crippen LogP) is 0.913. The summed E-state index contributed by atoms with van der Waals surface area (Å²) in [5.41, 5.74) is -0.667. The number of aliphatic hydroxyl groups is 1. The van der Waals surface area contributed by atoms with Crippen molar-refractivity contribution in [3.05, 3.63) is 0 Å². The summed E-state index contributed by atoms with van der Waals surface area (Å²) in [5, 5.41) is 9.59. The largest absolute Gasteiger partial charge is 0.376 e. The summed E-state index contributed by atoms with van der Waals surface area (Å²) in [6.07, 6.45) is 0. The highest BCUT2D eigenvalue weighted by Crippen LogP contribution is 2.17. The minimum Gasteiger partial charge on any atom is -0.376 e. The predicted molar refractivity (Wildman–Crippen MR) is 39.1 cm³/mol. The molecule has 2 heteroatoms. The van der Waals surface area contributed by atoms with Crippen LogP contribution in [-0.2, 0) is 0 Å². The fourth-order valence-electron chi connectivity index (χ4n) is 0.516. The zero-order chi connectivity index (χ0) is 7.65. The summed E-state index contributed by atoms with van der Waals surface area (Å²) in [5.74, 6) is 0.271. The van der Waals surface area contributed by atoms with E-state index in [1.165, 1.54) is 0 Å². The molecule has 2 nitrogen and oxygen atoms in total. The topological polar surface area (TPSA) is 23.5 Å². The van der Waals surface area contributed by atoms with E-state index in [-0.39, 0.29) is 5.92 Å². The molecule has 0 heterocycles. The lowest BCUT2D eigenvalue weighted by Gasteiger charge is -2.34. The molecule has 0 bridgehead atoms. The molecule has 1 unspecified atom stereocenters. The first kappa shape index (κ1) is 8.92. The van der Waals surface area contributed by atoms with Gasteiger partial charge in [0.1, 0.15) is 5.72 Å². The molecular formula is C7H17NO. The molecule has 0 aromatic rings. The van der Waals surface area contributed by atoms with Crippen molar-refractivity contribution in [2.45, 2.75) is 26.5 Å². The Balaban J connectivity index is 4.01. The molecule has 0 fully saturated rings. The number of hydrogen-bond donors (Lipinski definition) is 1. The second-order valence-electron chi connectivity index (χ2n) is 3.14. The quantitative estimate of drug-likeness (QED) is 0.563. The fourth-order valence-corrected chi connectivity index (χ4v) is 0.516. The molecule has 0 aromatic carbocycles. The van der Waals surface area contributed by atoms with Gasteiger partial charge in [-0.15, -0.1) is 0 Å². The van der Waals surface area contributed by atoms with Crippen LogP contribution >= 0.6 is 0 Å². The van der Waals surface area contributed by atoms with E-state index in [1.807, 2.05) is 39.8 Å². The van der Waals surface area contributed by atoms with Gasteiger partial charge in [-0.05, 0) is 26.9 Å². The number of rotatable bonds is 2. The molecule has 0 aliphatic carbocycles. The van der Waals surface area contributed by atoms with Gasteiger partial charge in [-0.1, -0.05) is 13.8 Å². The molecule has 0 amide bonds. The van der Waals surface area contributed by atoms with Crippen molar-refractivity contribution in [2.24, 2.45) is 5.92 Å². The molecule has 0 radical (unpaired) electrons. The van der Waals surface area contributed by atoms with Crippen LogP contribution in [0, 0.1) is 5.92 Å². The SMILES string of the molecule is CC(C)C(C)(O)N(C)C. The maximum Gasteiger partial charge on any atom is 0.117 e. The summed E-state index contributed by atoms with van der Waals surface area (Å²) in [7, 11) is 3.75. The lowest BCUT2D eigenvalue weighted by Crippen LogP contribution is -2.45. The Morgan fingerprint density at radius 3 is 1.67 bits per heavy atom. The molecule has 56 valence electrons. The lowest BCUT2D eigenvalue weighted by atomic mass is 10.0. The second kappa shape index (κ2) is 2.67. The van der Waals surface area contributed by atoms with Crippen molar-refractivity contribution in [2.75, 3.05) is 14.1 Å². The zero-order valence-corrected chi connectivity index (χ0v) is 6.97. The van der Waals surface area contributed by atoms with Gasteiger partial charge in [0.2, 0.25) is 0 Å². The van der Waals surface area contributed by atoms with Crippen LogP contribution in [0.4, 0.5) is 0 Å². The van der Waals surface area contributed by atoms with Gasteiger partial charge in [-0.3, -0.25) is 4.90 Å². The molecule has 0 aliphatic heterocycles. The van der Waals surface area contributed by atoms with E-state index in [4.69, 9.17) is 0 Å². The van der Waals surface area contributed by atoms with Gasteiger partial charge in [-0.2, -0.15) is 0 Å². The van der Waals surface area contributed by atoms with Gasteiger partial charge in [-0.25, -0.2) is 0 Å². The molecule has 9 heavy (non-hydrogen) atoms. The monoisotopic (exact) mass is 131 g/mol. The van der Waals surface area contributed by atoms with Crippen LogP contribution in [0.5, 0.6) is 0 Å². The first-order chi connectivity index (χ1) is 3.89. The van der Waals surface area contributed by atoms with Gasteiger partial charge in [0, 0.05) is 0 Å². The summed E-state index contributed by atoms with van der Waals surface area (Å²) in [4.78, 5) is 1.82. The molecule has 0 saturated heterocycles. The maximum absolute atomic E-state index is 9.59. The third kappa shape index (κ3) is 1.95. The molecule has 0 rings (SSSR count). The molecule has 0 spiro atoms. The van der Waals surface area contributed by atoms with E-state index < -0.39 is 5.72 Å². The molecule has 1 N–H and O–H groups in total. The van der Waals surface area contributed by atoms with E-state index in [0.717, 1.165) is 0 Å². The third-order valence-electron chi connectivity index (χ3n) is 2.00. The van der Waals surface area contributed by atoms with Crippen molar-refractivity contribution < 1.29 is 5.11 Å². The van der Waals surface area contributed by atoms with E-state index in [2.05, 4.69) is 0 Å². The van der Waals surface area contributed by atoms with Gasteiger partial charge in [0.15, 0.2) is 0 Å². The first-order valence-electron chi connectivity index (χ1n) is 3.29. The summed E-state index contributed by atoms with van der Waals surface area (Å²) < 4.78 is 0. The van der Waals surface area contributed by atoms with E-state index in [9.17, 15) is 5.11 Å². The van der Waals surface area contributed by atoms with Crippen molar-refractivity contribution in [3.8, 4) is 0 Å². The minimum atomic E-state index is -0.667. The molecule has 0 aliphatic rings. The van der Waals surface area contributed by atoms with Crippen LogP contribution < -0.4 is 0 Å². The molecule has 0 saturated carbocycles. The Hall–Kier alpha value is -0.0800. The summed E-state index contributed by atoms with van der Waals surface area (Å²) in [6, 6.07) is 0. The summed E-state index contributed by atoms with van der Waals surface area (Å²) in [6.45, 7) is 5.82. The Morgan fingerprint density at radius 2 is 1.67 bits per heavy atom. The number of nitrogens with zero attached hydrogens (tertiary/aromatic N) is 1. The van der Waals surface area contributed by atoms with Crippen LogP contribution in [0.1, 0.15) is 20.8 Å². The highest BCUT2D eigenvalue weighted by Gasteiger charge is 2.26. The van der Waals surface area contributed by atoms with Crippen LogP contribution in [0.3, 0.4) is 0 Å². The van der Waals surface area contributed by atoms with Gasteiger partial charge >= 0.3 is 0 Å². The normalized spacial score (nSPS) is 18.7. The van der Waals surface area contributed by atoms with Crippen LogP contribution in [0.2, 0.25) is 0 Å². The standard InChI is InChI=1S/C7H17NO/c1-6(2)7(3,9)8(4)5/h6,9H,1-5H3. The van der Waals surface area contributed by atoms with Gasteiger partial charge in [0.25, 0.3) is 0 Å². The Kier molecular flexibility index (Phi) is 2.65. The highest BCUT2D eigenvalue weighted by molar-refractivity contribution is 4.71. The average molecular weight is 131 g/mol. The third-order valence-corrected chi connectivity index (χ3v) is 2.00. The van der Waals surface area contributed by atoms with E-state index in [0.29, 0.717) is 0 Å². The maximum atomic E-state index is 9.59. The smallest absolute Gasteiger partial charge is 0.117 e. The Bertz CT molecular complexity index is 76.9. The molecule has 0 aromatic heterocycles. The lowest BCUT2D eigenvalue weighted by molar-refractivity contribution is -0.102. The second-order valence-corrected chi connectivity index (χ2v) is 3.14. The highest BCUT2D eigenvalue weighted by atomic mass is 16.3.